The summed E-state index contributed by atoms with van der Waals surface area (Å²) in [5.41, 5.74) is -1.07. The van der Waals surface area contributed by atoms with Crippen molar-refractivity contribution in [3.63, 3.8) is 0 Å². The van der Waals surface area contributed by atoms with Gasteiger partial charge in [-0.1, -0.05) is 23.2 Å². The van der Waals surface area contributed by atoms with Gasteiger partial charge in [-0.2, -0.15) is 13.2 Å². The lowest BCUT2D eigenvalue weighted by atomic mass is 10.1. The predicted octanol–water partition coefficient (Wildman–Crippen LogP) is 3.50. The van der Waals surface area contributed by atoms with E-state index in [0.717, 1.165) is 0 Å². The first-order chi connectivity index (χ1) is 10.6. The van der Waals surface area contributed by atoms with Crippen LogP contribution in [-0.2, 0) is 0 Å². The number of carbonyl (C=O) groups is 1. The molecule has 0 bridgehead atoms. The maximum Gasteiger partial charge on any atom is 0.442 e. The van der Waals surface area contributed by atoms with Crippen molar-refractivity contribution in [1.29, 1.82) is 0 Å². The molecule has 1 fully saturated rings. The van der Waals surface area contributed by atoms with E-state index >= 15 is 0 Å². The normalized spacial score (nSPS) is 24.4. The molecule has 1 aromatic carbocycles. The Morgan fingerprint density at radius 3 is 2.52 bits per heavy atom. The fourth-order valence-corrected chi connectivity index (χ4v) is 2.82. The summed E-state index contributed by atoms with van der Waals surface area (Å²) in [7, 11) is 0. The second-order valence-corrected chi connectivity index (χ2v) is 6.32. The van der Waals surface area contributed by atoms with Gasteiger partial charge in [-0.05, 0) is 31.0 Å². The molecule has 1 aliphatic heterocycles. The highest BCUT2D eigenvalue weighted by atomic mass is 35.5. The number of carbonyl (C=O) groups excluding carboxylic acids is 1. The van der Waals surface area contributed by atoms with E-state index in [4.69, 9.17) is 23.2 Å². The van der Waals surface area contributed by atoms with Crippen LogP contribution in [0, 0.1) is 5.92 Å². The maximum absolute atomic E-state index is 13.3. The third-order valence-electron chi connectivity index (χ3n) is 3.74. The van der Waals surface area contributed by atoms with Crippen molar-refractivity contribution in [2.24, 2.45) is 5.92 Å². The third-order valence-corrected chi connectivity index (χ3v) is 4.29. The number of hydrazine groups is 1. The molecule has 3 rings (SSSR count). The number of rotatable bonds is 2. The van der Waals surface area contributed by atoms with Gasteiger partial charge in [-0.25, -0.2) is 5.01 Å². The predicted molar refractivity (Wildman–Crippen MR) is 77.6 cm³/mol. The van der Waals surface area contributed by atoms with Gasteiger partial charge in [0, 0.05) is 22.7 Å². The number of aliphatic hydroxyl groups is 1. The number of amides is 1. The van der Waals surface area contributed by atoms with E-state index in [1.165, 1.54) is 18.2 Å². The minimum atomic E-state index is -5.06. The zero-order valence-corrected chi connectivity index (χ0v) is 13.0. The Morgan fingerprint density at radius 1 is 1.35 bits per heavy atom. The molecule has 2 aliphatic rings. The van der Waals surface area contributed by atoms with Crippen LogP contribution in [0.5, 0.6) is 0 Å². The van der Waals surface area contributed by atoms with Gasteiger partial charge in [0.2, 0.25) is 0 Å². The Hall–Kier alpha value is -1.44. The number of benzene rings is 1. The summed E-state index contributed by atoms with van der Waals surface area (Å²) in [5, 5.41) is 10.4. The summed E-state index contributed by atoms with van der Waals surface area (Å²) in [6.07, 6.45) is -3.01. The Labute approximate surface area is 139 Å². The lowest BCUT2D eigenvalue weighted by Gasteiger charge is -2.34. The molecule has 124 valence electrons. The van der Waals surface area contributed by atoms with E-state index in [2.05, 4.69) is 5.43 Å². The first kappa shape index (κ1) is 16.4. The van der Waals surface area contributed by atoms with Crippen molar-refractivity contribution in [2.45, 2.75) is 24.7 Å². The number of nitrogens with zero attached hydrogens (tertiary/aromatic N) is 1. The number of allylic oxidation sites excluding steroid dienone is 1. The monoisotopic (exact) mass is 366 g/mol. The zero-order valence-electron chi connectivity index (χ0n) is 11.5. The average molecular weight is 367 g/mol. The first-order valence-electron chi connectivity index (χ1n) is 6.71. The third kappa shape index (κ3) is 2.77. The smallest absolute Gasteiger partial charge is 0.359 e. The van der Waals surface area contributed by atoms with Crippen LogP contribution in [0.3, 0.4) is 0 Å². The van der Waals surface area contributed by atoms with Gasteiger partial charge >= 0.3 is 6.18 Å². The molecule has 9 heteroatoms. The summed E-state index contributed by atoms with van der Waals surface area (Å²) in [5.74, 6) is -1.21. The van der Waals surface area contributed by atoms with Gasteiger partial charge in [0.25, 0.3) is 11.6 Å². The number of hydrogen-bond acceptors (Lipinski definition) is 3. The van der Waals surface area contributed by atoms with Crippen LogP contribution in [0.25, 0.3) is 0 Å². The van der Waals surface area contributed by atoms with E-state index < -0.39 is 17.8 Å². The number of halogens is 5. The number of hydrogen-bond donors (Lipinski definition) is 2. The average Bonchev–Trinajstić information content (AvgIpc) is 3.21. The summed E-state index contributed by atoms with van der Waals surface area (Å²) in [4.78, 5) is 12.5. The zero-order chi connectivity index (χ0) is 17.0. The second kappa shape index (κ2) is 5.29. The highest BCUT2D eigenvalue weighted by molar-refractivity contribution is 6.36. The molecule has 1 unspecified atom stereocenters. The molecule has 1 atom stereocenters. The molecule has 1 aliphatic carbocycles. The van der Waals surface area contributed by atoms with Crippen molar-refractivity contribution in [3.8, 4) is 0 Å². The summed E-state index contributed by atoms with van der Waals surface area (Å²) in [6, 6.07) is 3.79. The molecule has 0 spiro atoms. The van der Waals surface area contributed by atoms with Crippen LogP contribution < -0.4 is 5.43 Å². The van der Waals surface area contributed by atoms with Gasteiger partial charge in [0.15, 0.2) is 0 Å². The fraction of sp³-hybridized carbons (Fsp3) is 0.357. The molecule has 4 nitrogen and oxygen atoms in total. The van der Waals surface area contributed by atoms with Crippen LogP contribution >= 0.6 is 23.2 Å². The molecule has 2 N–H and O–H groups in total. The van der Waals surface area contributed by atoms with E-state index in [1.54, 1.807) is 0 Å². The summed E-state index contributed by atoms with van der Waals surface area (Å²) >= 11 is 11.6. The van der Waals surface area contributed by atoms with Gasteiger partial charge in [-0.3, -0.25) is 10.2 Å². The second-order valence-electron chi connectivity index (χ2n) is 5.47. The molecule has 1 amide bonds. The van der Waals surface area contributed by atoms with Gasteiger partial charge in [0.05, 0.1) is 10.6 Å². The Balaban J connectivity index is 1.98. The molecule has 1 heterocycles. The van der Waals surface area contributed by atoms with Crippen LogP contribution in [0.4, 0.5) is 13.2 Å². The first-order valence-corrected chi connectivity index (χ1v) is 7.47. The summed E-state index contributed by atoms with van der Waals surface area (Å²) in [6.45, 7) is 0. The molecule has 1 aromatic rings. The molecule has 0 radical (unpaired) electrons. The lowest BCUT2D eigenvalue weighted by Crippen LogP contribution is -2.60. The van der Waals surface area contributed by atoms with Crippen molar-refractivity contribution in [1.82, 2.24) is 10.4 Å². The Morgan fingerprint density at radius 2 is 2.00 bits per heavy atom. The molecule has 0 aromatic heterocycles. The van der Waals surface area contributed by atoms with E-state index in [-0.39, 0.29) is 32.2 Å². The number of nitrogens with one attached hydrogen (secondary N) is 1. The minimum absolute atomic E-state index is 0.103. The van der Waals surface area contributed by atoms with Crippen LogP contribution in [0.2, 0.25) is 10.0 Å². The molecular weight excluding hydrogens is 356 g/mol. The van der Waals surface area contributed by atoms with Gasteiger partial charge < -0.3 is 5.11 Å². The van der Waals surface area contributed by atoms with Crippen LogP contribution in [0.15, 0.2) is 30.0 Å². The SMILES string of the molecule is O=C(c1ccc(Cl)cc1Cl)N1NC(C2CC2)=CC1(O)C(F)(F)F. The Bertz CT molecular complexity index is 704. The molecule has 23 heavy (non-hydrogen) atoms. The maximum atomic E-state index is 13.3. The van der Waals surface area contributed by atoms with Crippen molar-refractivity contribution in [3.05, 3.63) is 45.6 Å². The van der Waals surface area contributed by atoms with E-state index in [0.29, 0.717) is 18.9 Å². The van der Waals surface area contributed by atoms with Crippen molar-refractivity contribution < 1.29 is 23.1 Å². The molecule has 0 saturated heterocycles. The molecular formula is C14H11Cl2F3N2O2. The minimum Gasteiger partial charge on any atom is -0.359 e. The number of alkyl halides is 3. The lowest BCUT2D eigenvalue weighted by molar-refractivity contribution is -0.283. The Kier molecular flexibility index (Phi) is 3.78. The van der Waals surface area contributed by atoms with E-state index in [9.17, 15) is 23.1 Å². The van der Waals surface area contributed by atoms with Crippen molar-refractivity contribution in [2.75, 3.05) is 0 Å². The van der Waals surface area contributed by atoms with Crippen LogP contribution in [-0.4, -0.2) is 27.9 Å². The topological polar surface area (TPSA) is 52.6 Å². The quantitative estimate of drug-likeness (QED) is 0.842. The fourth-order valence-electron chi connectivity index (χ4n) is 2.33. The van der Waals surface area contributed by atoms with Crippen molar-refractivity contribution >= 4 is 29.1 Å². The van der Waals surface area contributed by atoms with E-state index in [1.807, 2.05) is 0 Å². The van der Waals surface area contributed by atoms with Gasteiger partial charge in [0.1, 0.15) is 0 Å². The molecule has 1 saturated carbocycles. The van der Waals surface area contributed by atoms with Crippen LogP contribution in [0.1, 0.15) is 23.2 Å². The highest BCUT2D eigenvalue weighted by Gasteiger charge is 2.62. The standard InChI is InChI=1S/C14H11Cl2F3N2O2/c15-8-3-4-9(10(16)5-8)12(22)21-13(23,14(17,18)19)6-11(20-21)7-1-2-7/h3-7,20,23H,1-2H2. The largest absolute Gasteiger partial charge is 0.442 e. The summed E-state index contributed by atoms with van der Waals surface area (Å²) < 4.78 is 39.9. The highest BCUT2D eigenvalue weighted by Crippen LogP contribution is 2.44. The van der Waals surface area contributed by atoms with Gasteiger partial charge in [-0.15, -0.1) is 0 Å².